The molecule has 3 aromatic rings. The fourth-order valence-electron chi connectivity index (χ4n) is 2.21. The Morgan fingerprint density at radius 2 is 1.80 bits per heavy atom. The van der Waals surface area contributed by atoms with E-state index in [2.05, 4.69) is 55.8 Å². The molecule has 0 saturated heterocycles. The second kappa shape index (κ2) is 5.59. The Morgan fingerprint density at radius 3 is 2.60 bits per heavy atom. The summed E-state index contributed by atoms with van der Waals surface area (Å²) in [6.45, 7) is 2.84. The van der Waals surface area contributed by atoms with Crippen LogP contribution in [-0.2, 0) is 6.54 Å². The third-order valence-electron chi connectivity index (χ3n) is 3.30. The molecule has 3 nitrogen and oxygen atoms in total. The molecule has 0 fully saturated rings. The maximum absolute atomic E-state index is 4.27. The van der Waals surface area contributed by atoms with Gasteiger partial charge < -0.3 is 4.57 Å². The summed E-state index contributed by atoms with van der Waals surface area (Å²) in [6.07, 6.45) is 1.78. The third kappa shape index (κ3) is 2.51. The lowest BCUT2D eigenvalue weighted by molar-refractivity contribution is 0.799. The molecule has 0 aliphatic carbocycles. The summed E-state index contributed by atoms with van der Waals surface area (Å²) in [5, 5.41) is 8.33. The Morgan fingerprint density at radius 1 is 1.05 bits per heavy atom. The van der Waals surface area contributed by atoms with Crippen LogP contribution in [0.25, 0.3) is 11.4 Å². The Kier molecular flexibility index (Phi) is 3.65. The van der Waals surface area contributed by atoms with Gasteiger partial charge >= 0.3 is 0 Å². The first-order valence-corrected chi connectivity index (χ1v) is 7.22. The standard InChI is InChI=1S/C16H14BrN3/c1-12-6-2-4-8-14(12)16-19-18-11-20(16)10-13-7-3-5-9-15(13)17/h2-9,11H,10H2,1H3. The van der Waals surface area contributed by atoms with Crippen molar-refractivity contribution in [2.45, 2.75) is 13.5 Å². The normalized spacial score (nSPS) is 10.7. The molecular formula is C16H14BrN3. The van der Waals surface area contributed by atoms with Crippen LogP contribution in [0.3, 0.4) is 0 Å². The molecule has 3 rings (SSSR count). The van der Waals surface area contributed by atoms with Gasteiger partial charge in [-0.1, -0.05) is 58.4 Å². The fourth-order valence-corrected chi connectivity index (χ4v) is 2.62. The monoisotopic (exact) mass is 327 g/mol. The third-order valence-corrected chi connectivity index (χ3v) is 4.07. The highest BCUT2D eigenvalue weighted by Gasteiger charge is 2.10. The SMILES string of the molecule is Cc1ccccc1-c1nncn1Cc1ccccc1Br. The van der Waals surface area contributed by atoms with Gasteiger partial charge in [0.1, 0.15) is 6.33 Å². The number of hydrogen-bond acceptors (Lipinski definition) is 2. The van der Waals surface area contributed by atoms with Gasteiger partial charge in [0.25, 0.3) is 0 Å². The van der Waals surface area contributed by atoms with Crippen molar-refractivity contribution in [2.75, 3.05) is 0 Å². The van der Waals surface area contributed by atoms with Crippen molar-refractivity contribution in [3.63, 3.8) is 0 Å². The molecule has 1 heterocycles. The lowest BCUT2D eigenvalue weighted by atomic mass is 10.1. The molecule has 20 heavy (non-hydrogen) atoms. The number of aromatic nitrogens is 3. The van der Waals surface area contributed by atoms with Crippen molar-refractivity contribution >= 4 is 15.9 Å². The summed E-state index contributed by atoms with van der Waals surface area (Å²) in [6, 6.07) is 16.4. The Balaban J connectivity index is 2.00. The Bertz CT molecular complexity index is 734. The number of nitrogens with zero attached hydrogens (tertiary/aromatic N) is 3. The van der Waals surface area contributed by atoms with Crippen LogP contribution < -0.4 is 0 Å². The van der Waals surface area contributed by atoms with Crippen molar-refractivity contribution in [3.8, 4) is 11.4 Å². The highest BCUT2D eigenvalue weighted by molar-refractivity contribution is 9.10. The lowest BCUT2D eigenvalue weighted by Gasteiger charge is -2.10. The molecule has 0 amide bonds. The summed E-state index contributed by atoms with van der Waals surface area (Å²) in [5.74, 6) is 0.902. The van der Waals surface area contributed by atoms with E-state index in [0.717, 1.165) is 22.4 Å². The fraction of sp³-hybridized carbons (Fsp3) is 0.125. The van der Waals surface area contributed by atoms with Gasteiger partial charge in [-0.05, 0) is 24.1 Å². The van der Waals surface area contributed by atoms with E-state index in [9.17, 15) is 0 Å². The molecule has 0 radical (unpaired) electrons. The molecule has 0 N–H and O–H groups in total. The van der Waals surface area contributed by atoms with Gasteiger partial charge in [-0.2, -0.15) is 0 Å². The van der Waals surface area contributed by atoms with Crippen LogP contribution in [-0.4, -0.2) is 14.8 Å². The molecule has 0 unspecified atom stereocenters. The van der Waals surface area contributed by atoms with Gasteiger partial charge in [0.2, 0.25) is 0 Å². The van der Waals surface area contributed by atoms with Crippen LogP contribution in [0.2, 0.25) is 0 Å². The zero-order chi connectivity index (χ0) is 13.9. The molecule has 0 atom stereocenters. The minimum absolute atomic E-state index is 0.748. The first-order chi connectivity index (χ1) is 9.75. The summed E-state index contributed by atoms with van der Waals surface area (Å²) in [7, 11) is 0. The highest BCUT2D eigenvalue weighted by Crippen LogP contribution is 2.23. The quantitative estimate of drug-likeness (QED) is 0.726. The minimum atomic E-state index is 0.748. The topological polar surface area (TPSA) is 30.7 Å². The van der Waals surface area contributed by atoms with Crippen LogP contribution >= 0.6 is 15.9 Å². The van der Waals surface area contributed by atoms with Crippen LogP contribution in [0, 0.1) is 6.92 Å². The number of aryl methyl sites for hydroxylation is 1. The number of hydrogen-bond donors (Lipinski definition) is 0. The molecule has 0 aliphatic heterocycles. The first-order valence-electron chi connectivity index (χ1n) is 6.43. The minimum Gasteiger partial charge on any atom is -0.309 e. The maximum Gasteiger partial charge on any atom is 0.164 e. The van der Waals surface area contributed by atoms with Crippen LogP contribution in [0.15, 0.2) is 59.3 Å². The van der Waals surface area contributed by atoms with Crippen molar-refractivity contribution in [3.05, 3.63) is 70.5 Å². The van der Waals surface area contributed by atoms with Crippen molar-refractivity contribution in [1.82, 2.24) is 14.8 Å². The Labute approximate surface area is 126 Å². The summed E-state index contributed by atoms with van der Waals surface area (Å²) < 4.78 is 3.17. The van der Waals surface area contributed by atoms with Gasteiger partial charge in [0, 0.05) is 10.0 Å². The zero-order valence-electron chi connectivity index (χ0n) is 11.1. The summed E-state index contributed by atoms with van der Waals surface area (Å²) in [5.41, 5.74) is 3.54. The van der Waals surface area contributed by atoms with Crippen LogP contribution in [0.1, 0.15) is 11.1 Å². The first kappa shape index (κ1) is 13.1. The lowest BCUT2D eigenvalue weighted by Crippen LogP contribution is -2.02. The van der Waals surface area contributed by atoms with Gasteiger partial charge in [-0.25, -0.2) is 0 Å². The van der Waals surface area contributed by atoms with E-state index in [4.69, 9.17) is 0 Å². The van der Waals surface area contributed by atoms with Crippen molar-refractivity contribution < 1.29 is 0 Å². The second-order valence-electron chi connectivity index (χ2n) is 4.69. The highest BCUT2D eigenvalue weighted by atomic mass is 79.9. The second-order valence-corrected chi connectivity index (χ2v) is 5.54. The van der Waals surface area contributed by atoms with E-state index in [1.807, 2.05) is 30.3 Å². The van der Waals surface area contributed by atoms with Crippen LogP contribution in [0.4, 0.5) is 0 Å². The molecule has 4 heteroatoms. The predicted octanol–water partition coefficient (Wildman–Crippen LogP) is 4.06. The average Bonchev–Trinajstić information content (AvgIpc) is 2.90. The molecular weight excluding hydrogens is 314 g/mol. The molecule has 0 bridgehead atoms. The number of rotatable bonds is 3. The zero-order valence-corrected chi connectivity index (χ0v) is 12.7. The van der Waals surface area contributed by atoms with Gasteiger partial charge in [0.05, 0.1) is 6.54 Å². The molecule has 0 aliphatic rings. The molecule has 100 valence electrons. The smallest absolute Gasteiger partial charge is 0.164 e. The average molecular weight is 328 g/mol. The van der Waals surface area contributed by atoms with E-state index in [0.29, 0.717) is 0 Å². The van der Waals surface area contributed by atoms with E-state index in [-0.39, 0.29) is 0 Å². The summed E-state index contributed by atoms with van der Waals surface area (Å²) in [4.78, 5) is 0. The van der Waals surface area contributed by atoms with E-state index in [1.54, 1.807) is 6.33 Å². The van der Waals surface area contributed by atoms with Crippen molar-refractivity contribution in [1.29, 1.82) is 0 Å². The summed E-state index contributed by atoms with van der Waals surface area (Å²) >= 11 is 3.58. The van der Waals surface area contributed by atoms with Crippen molar-refractivity contribution in [2.24, 2.45) is 0 Å². The van der Waals surface area contributed by atoms with Gasteiger partial charge in [-0.3, -0.25) is 0 Å². The molecule has 2 aromatic carbocycles. The molecule has 0 saturated carbocycles. The van der Waals surface area contributed by atoms with E-state index >= 15 is 0 Å². The van der Waals surface area contributed by atoms with E-state index < -0.39 is 0 Å². The predicted molar refractivity (Wildman–Crippen MR) is 83.4 cm³/mol. The number of benzene rings is 2. The van der Waals surface area contributed by atoms with Gasteiger partial charge in [0.15, 0.2) is 5.82 Å². The maximum atomic E-state index is 4.27. The van der Waals surface area contributed by atoms with Gasteiger partial charge in [-0.15, -0.1) is 10.2 Å². The molecule has 0 spiro atoms. The van der Waals surface area contributed by atoms with E-state index in [1.165, 1.54) is 11.1 Å². The molecule has 1 aromatic heterocycles. The Hall–Kier alpha value is -1.94. The number of halogens is 1. The van der Waals surface area contributed by atoms with Crippen LogP contribution in [0.5, 0.6) is 0 Å². The largest absolute Gasteiger partial charge is 0.309 e.